The molecule has 4 aromatic rings. The Morgan fingerprint density at radius 2 is 0.913 bits per heavy atom. The molecule has 0 aliphatic rings. The van der Waals surface area contributed by atoms with Crippen LogP contribution in [-0.4, -0.2) is 58.3 Å². The molecule has 16 nitrogen and oxygen atoms in total. The average Bonchev–Trinajstić information content (AvgIpc) is 2.94. The smallest absolute Gasteiger partial charge is 0.339 e. The van der Waals surface area contributed by atoms with Gasteiger partial charge in [-0.15, -0.1) is 0 Å². The van der Waals surface area contributed by atoms with Crippen LogP contribution in [0.1, 0.15) is 31.8 Å². The third kappa shape index (κ3) is 7.21. The molecule has 0 radical (unpaired) electrons. The van der Waals surface area contributed by atoms with Gasteiger partial charge in [-0.3, -0.25) is 9.11 Å². The van der Waals surface area contributed by atoms with Crippen molar-refractivity contribution in [1.82, 2.24) is 0 Å². The molecule has 0 atom stereocenters. The van der Waals surface area contributed by atoms with Crippen LogP contribution in [0.3, 0.4) is 0 Å². The number of azo groups is 2. The van der Waals surface area contributed by atoms with Crippen LogP contribution in [0.15, 0.2) is 90.9 Å². The molecule has 0 unspecified atom stereocenters. The molecule has 0 heterocycles. The van der Waals surface area contributed by atoms with E-state index in [9.17, 15) is 56.0 Å². The molecule has 4 aromatic carbocycles. The van der Waals surface area contributed by atoms with Gasteiger partial charge in [-0.25, -0.2) is 9.59 Å². The van der Waals surface area contributed by atoms with Crippen molar-refractivity contribution < 1.29 is 56.0 Å². The van der Waals surface area contributed by atoms with Gasteiger partial charge in [0, 0.05) is 11.1 Å². The summed E-state index contributed by atoms with van der Waals surface area (Å²) < 4.78 is 69.4. The first-order chi connectivity index (χ1) is 21.4. The predicted octanol–water partition coefficient (Wildman–Crippen LogP) is 6.10. The van der Waals surface area contributed by atoms with Gasteiger partial charge in [0.2, 0.25) is 0 Å². The van der Waals surface area contributed by atoms with E-state index in [0.717, 1.165) is 48.5 Å². The fourth-order valence-electron chi connectivity index (χ4n) is 4.16. The maximum absolute atomic E-state index is 12.4. The van der Waals surface area contributed by atoms with E-state index < -0.39 is 64.6 Å². The lowest BCUT2D eigenvalue weighted by Crippen LogP contribution is -2.05. The summed E-state index contributed by atoms with van der Waals surface area (Å²) in [6.07, 6.45) is 0. The number of aryl methyl sites for hydroxylation is 2. The van der Waals surface area contributed by atoms with Crippen LogP contribution in [-0.2, 0) is 20.2 Å². The Hall–Kier alpha value is -5.56. The Kier molecular flexibility index (Phi) is 9.02. The Morgan fingerprint density at radius 3 is 1.22 bits per heavy atom. The van der Waals surface area contributed by atoms with E-state index in [-0.39, 0.29) is 33.9 Å². The fourth-order valence-corrected chi connectivity index (χ4v) is 5.61. The minimum atomic E-state index is -5.06. The maximum Gasteiger partial charge on any atom is 0.339 e. The van der Waals surface area contributed by atoms with Gasteiger partial charge in [0.1, 0.15) is 32.4 Å². The van der Waals surface area contributed by atoms with Crippen LogP contribution in [0.4, 0.5) is 22.7 Å². The molecular weight excluding hydrogens is 648 g/mol. The highest BCUT2D eigenvalue weighted by molar-refractivity contribution is 7.86. The topological polar surface area (TPSA) is 273 Å². The third-order valence-corrected chi connectivity index (χ3v) is 8.20. The zero-order chi connectivity index (χ0) is 34.1. The predicted molar refractivity (Wildman–Crippen MR) is 159 cm³/mol. The number of aromatic hydroxyl groups is 2. The number of hydrogen-bond acceptors (Lipinski definition) is 12. The Labute approximate surface area is 260 Å². The number of rotatable bonds is 9. The van der Waals surface area contributed by atoms with Crippen LogP contribution in [0.5, 0.6) is 11.5 Å². The molecule has 0 aliphatic heterocycles. The van der Waals surface area contributed by atoms with E-state index in [1.807, 2.05) is 0 Å². The highest BCUT2D eigenvalue weighted by atomic mass is 32.2. The second-order valence-electron chi connectivity index (χ2n) is 9.63. The van der Waals surface area contributed by atoms with Gasteiger partial charge in [-0.05, 0) is 73.5 Å². The molecule has 18 heteroatoms. The number of nitrogens with zero attached hydrogens (tertiary/aromatic N) is 4. The molecule has 4 rings (SSSR count). The van der Waals surface area contributed by atoms with Crippen molar-refractivity contribution in [3.8, 4) is 22.6 Å². The van der Waals surface area contributed by atoms with Gasteiger partial charge in [0.05, 0.1) is 22.7 Å². The van der Waals surface area contributed by atoms with Gasteiger partial charge >= 0.3 is 11.9 Å². The summed E-state index contributed by atoms with van der Waals surface area (Å²) in [6.45, 7) is 3.01. The van der Waals surface area contributed by atoms with Crippen LogP contribution < -0.4 is 0 Å². The molecule has 0 spiro atoms. The number of carbonyl (C=O) groups is 2. The van der Waals surface area contributed by atoms with Crippen molar-refractivity contribution >= 4 is 54.9 Å². The van der Waals surface area contributed by atoms with E-state index >= 15 is 0 Å². The quantitative estimate of drug-likeness (QED) is 0.0870. The number of carboxylic acid groups (broad SMARTS) is 2. The Balaban J connectivity index is 1.80. The molecule has 46 heavy (non-hydrogen) atoms. The fraction of sp³-hybridized carbons (Fsp3) is 0.0714. The summed E-state index contributed by atoms with van der Waals surface area (Å²) >= 11 is 0. The van der Waals surface area contributed by atoms with Crippen molar-refractivity contribution in [3.63, 3.8) is 0 Å². The number of hydrogen-bond donors (Lipinski definition) is 6. The molecule has 0 saturated heterocycles. The zero-order valence-corrected chi connectivity index (χ0v) is 25.1. The van der Waals surface area contributed by atoms with Crippen LogP contribution in [0.2, 0.25) is 0 Å². The standard InChI is InChI=1S/C28H22N4O12S2/c1-13-7-23(33)19(27(35)36)11-21(13)31-29-15-3-5-17(25(9-15)45(39,40)41)18-6-4-16(10-26(18)46(42,43)44)30-32-22-12-20(28(37)38)24(34)8-14(22)2/h3-12,33-34H,1-2H3,(H,35,36)(H,37,38)(H,39,40,41)(H,42,43,44). The number of carboxylic acids is 2. The second kappa shape index (κ2) is 12.4. The lowest BCUT2D eigenvalue weighted by molar-refractivity contribution is 0.0682. The molecule has 0 aromatic heterocycles. The molecule has 6 N–H and O–H groups in total. The first kappa shape index (κ1) is 33.3. The van der Waals surface area contributed by atoms with Crippen molar-refractivity contribution in [3.05, 3.63) is 82.9 Å². The van der Waals surface area contributed by atoms with Gasteiger partial charge < -0.3 is 20.4 Å². The Morgan fingerprint density at radius 1 is 0.565 bits per heavy atom. The Bertz CT molecular complexity index is 2060. The summed E-state index contributed by atoms with van der Waals surface area (Å²) in [6, 6.07) is 10.7. The highest BCUT2D eigenvalue weighted by Gasteiger charge is 2.24. The largest absolute Gasteiger partial charge is 0.507 e. The van der Waals surface area contributed by atoms with Crippen molar-refractivity contribution in [2.24, 2.45) is 20.5 Å². The van der Waals surface area contributed by atoms with E-state index in [0.29, 0.717) is 11.1 Å². The van der Waals surface area contributed by atoms with Crippen LogP contribution in [0.25, 0.3) is 11.1 Å². The minimum Gasteiger partial charge on any atom is -0.507 e. The van der Waals surface area contributed by atoms with Crippen LogP contribution >= 0.6 is 0 Å². The first-order valence-electron chi connectivity index (χ1n) is 12.6. The summed E-state index contributed by atoms with van der Waals surface area (Å²) in [5.41, 5.74) is -1.28. The lowest BCUT2D eigenvalue weighted by atomic mass is 10.0. The summed E-state index contributed by atoms with van der Waals surface area (Å²) in [4.78, 5) is 21.0. The molecule has 0 bridgehead atoms. The highest BCUT2D eigenvalue weighted by Crippen LogP contribution is 2.38. The molecule has 0 fully saturated rings. The summed E-state index contributed by atoms with van der Waals surface area (Å²) in [7, 11) is -10.1. The molecule has 238 valence electrons. The number of benzene rings is 4. The van der Waals surface area contributed by atoms with Gasteiger partial charge in [-0.2, -0.15) is 37.3 Å². The second-order valence-corrected chi connectivity index (χ2v) is 12.4. The summed E-state index contributed by atoms with van der Waals surface area (Å²) in [5, 5.41) is 53.6. The summed E-state index contributed by atoms with van der Waals surface area (Å²) in [5.74, 6) is -3.88. The monoisotopic (exact) mass is 670 g/mol. The van der Waals surface area contributed by atoms with Crippen molar-refractivity contribution in [2.45, 2.75) is 23.6 Å². The maximum atomic E-state index is 12.4. The normalized spacial score (nSPS) is 12.2. The lowest BCUT2D eigenvalue weighted by Gasteiger charge is -2.12. The zero-order valence-electron chi connectivity index (χ0n) is 23.5. The van der Waals surface area contributed by atoms with Crippen molar-refractivity contribution in [2.75, 3.05) is 0 Å². The van der Waals surface area contributed by atoms with Gasteiger partial charge in [0.25, 0.3) is 20.2 Å². The van der Waals surface area contributed by atoms with Gasteiger partial charge in [0.15, 0.2) is 0 Å². The SMILES string of the molecule is Cc1cc(O)c(C(=O)O)cc1N=Nc1ccc(-c2ccc(N=Nc3cc(C(=O)O)c(O)cc3C)cc2S(=O)(=O)O)c(S(=O)(=O)O)c1. The van der Waals surface area contributed by atoms with Crippen molar-refractivity contribution in [1.29, 1.82) is 0 Å². The molecular formula is C28H22N4O12S2. The van der Waals surface area contributed by atoms with Gasteiger partial charge in [-0.1, -0.05) is 12.1 Å². The van der Waals surface area contributed by atoms with E-state index in [1.54, 1.807) is 0 Å². The molecule has 0 saturated carbocycles. The van der Waals surface area contributed by atoms with E-state index in [2.05, 4.69) is 20.5 Å². The van der Waals surface area contributed by atoms with E-state index in [1.165, 1.54) is 26.0 Å². The molecule has 0 aliphatic carbocycles. The third-order valence-electron chi connectivity index (χ3n) is 6.41. The first-order valence-corrected chi connectivity index (χ1v) is 15.5. The number of phenols is 2. The molecule has 0 amide bonds. The van der Waals surface area contributed by atoms with Crippen LogP contribution in [0, 0.1) is 13.8 Å². The number of aromatic carboxylic acids is 2. The van der Waals surface area contributed by atoms with E-state index in [4.69, 9.17) is 0 Å². The average molecular weight is 671 g/mol. The minimum absolute atomic E-state index is 0.0211.